The molecule has 0 bridgehead atoms. The van der Waals surface area contributed by atoms with E-state index in [4.69, 9.17) is 9.47 Å². The van der Waals surface area contributed by atoms with Crippen molar-refractivity contribution < 1.29 is 14.6 Å². The van der Waals surface area contributed by atoms with Crippen molar-refractivity contribution in [2.24, 2.45) is 0 Å². The van der Waals surface area contributed by atoms with E-state index in [9.17, 15) is 5.11 Å². The number of aliphatic hydroxyl groups is 1. The zero-order valence-corrected chi connectivity index (χ0v) is 11.1. The quantitative estimate of drug-likeness (QED) is 0.900. The highest BCUT2D eigenvalue weighted by Crippen LogP contribution is 2.28. The second-order valence-corrected chi connectivity index (χ2v) is 4.56. The summed E-state index contributed by atoms with van der Waals surface area (Å²) in [6, 6.07) is 0. The lowest BCUT2D eigenvalue weighted by atomic mass is 10.2. The van der Waals surface area contributed by atoms with Gasteiger partial charge in [-0.15, -0.1) is 11.3 Å². The lowest BCUT2D eigenvalue weighted by Crippen LogP contribution is -2.07. The molecule has 2 rings (SSSR count). The summed E-state index contributed by atoms with van der Waals surface area (Å²) in [7, 11) is 2.95. The van der Waals surface area contributed by atoms with E-state index in [0.29, 0.717) is 17.3 Å². The minimum atomic E-state index is -0.955. The Morgan fingerprint density at radius 2 is 2.06 bits per heavy atom. The summed E-state index contributed by atoms with van der Waals surface area (Å²) in [5.74, 6) is 0.560. The predicted octanol–water partition coefficient (Wildman–Crippen LogP) is 1.34. The fourth-order valence-corrected chi connectivity index (χ4v) is 2.08. The van der Waals surface area contributed by atoms with Crippen LogP contribution in [-0.4, -0.2) is 34.3 Å². The SMILES string of the molecule is COc1cnc(C(O)c2csc(C)n2)c(OC)n1. The Balaban J connectivity index is 2.38. The van der Waals surface area contributed by atoms with Crippen molar-refractivity contribution in [3.63, 3.8) is 0 Å². The topological polar surface area (TPSA) is 77.4 Å². The molecule has 0 aliphatic carbocycles. The lowest BCUT2D eigenvalue weighted by molar-refractivity contribution is 0.202. The maximum absolute atomic E-state index is 10.2. The fraction of sp³-hybridized carbons (Fsp3) is 0.364. The van der Waals surface area contributed by atoms with E-state index in [0.717, 1.165) is 5.01 Å². The zero-order chi connectivity index (χ0) is 13.1. The molecule has 0 aliphatic heterocycles. The number of aliphatic hydroxyl groups excluding tert-OH is 1. The van der Waals surface area contributed by atoms with Gasteiger partial charge in [-0.05, 0) is 6.92 Å². The van der Waals surface area contributed by atoms with Crippen LogP contribution in [0.2, 0.25) is 0 Å². The van der Waals surface area contributed by atoms with Gasteiger partial charge >= 0.3 is 0 Å². The summed E-state index contributed by atoms with van der Waals surface area (Å²) in [5, 5.41) is 12.9. The maximum Gasteiger partial charge on any atom is 0.241 e. The number of aromatic nitrogens is 3. The van der Waals surface area contributed by atoms with Crippen molar-refractivity contribution in [3.05, 3.63) is 28.0 Å². The van der Waals surface area contributed by atoms with Crippen LogP contribution >= 0.6 is 11.3 Å². The van der Waals surface area contributed by atoms with Crippen LogP contribution in [0, 0.1) is 6.92 Å². The highest BCUT2D eigenvalue weighted by atomic mass is 32.1. The number of rotatable bonds is 4. The number of thiazole rings is 1. The Morgan fingerprint density at radius 1 is 1.28 bits per heavy atom. The normalized spacial score (nSPS) is 12.2. The molecule has 2 heterocycles. The van der Waals surface area contributed by atoms with E-state index in [1.54, 1.807) is 5.38 Å². The van der Waals surface area contributed by atoms with Crippen LogP contribution in [0.5, 0.6) is 11.8 Å². The fourth-order valence-electron chi connectivity index (χ4n) is 1.45. The number of hydrogen-bond acceptors (Lipinski definition) is 7. The number of nitrogens with zero attached hydrogens (tertiary/aromatic N) is 3. The van der Waals surface area contributed by atoms with E-state index in [2.05, 4.69) is 15.0 Å². The van der Waals surface area contributed by atoms with E-state index in [-0.39, 0.29) is 5.88 Å². The molecule has 2 aromatic heterocycles. The molecule has 0 spiro atoms. The second kappa shape index (κ2) is 5.28. The minimum Gasteiger partial charge on any atom is -0.480 e. The van der Waals surface area contributed by atoms with Crippen LogP contribution in [0.1, 0.15) is 22.5 Å². The molecule has 7 heteroatoms. The van der Waals surface area contributed by atoms with E-state index >= 15 is 0 Å². The third-order valence-electron chi connectivity index (χ3n) is 2.32. The van der Waals surface area contributed by atoms with Crippen molar-refractivity contribution in [1.82, 2.24) is 15.0 Å². The molecule has 0 aliphatic rings. The number of ether oxygens (including phenoxy) is 2. The van der Waals surface area contributed by atoms with E-state index in [1.807, 2.05) is 6.92 Å². The number of methoxy groups -OCH3 is 2. The first kappa shape index (κ1) is 12.7. The van der Waals surface area contributed by atoms with Crippen LogP contribution in [0.15, 0.2) is 11.6 Å². The molecular weight excluding hydrogens is 254 g/mol. The van der Waals surface area contributed by atoms with Gasteiger partial charge < -0.3 is 14.6 Å². The molecule has 0 fully saturated rings. The van der Waals surface area contributed by atoms with Crippen LogP contribution in [0.25, 0.3) is 0 Å². The average Bonchev–Trinajstić information content (AvgIpc) is 2.83. The van der Waals surface area contributed by atoms with Crippen molar-refractivity contribution >= 4 is 11.3 Å². The van der Waals surface area contributed by atoms with Gasteiger partial charge in [0.15, 0.2) is 0 Å². The van der Waals surface area contributed by atoms with Crippen LogP contribution in [-0.2, 0) is 0 Å². The van der Waals surface area contributed by atoms with Gasteiger partial charge in [0, 0.05) is 5.38 Å². The van der Waals surface area contributed by atoms with Crippen LogP contribution in [0.3, 0.4) is 0 Å². The van der Waals surface area contributed by atoms with Crippen LogP contribution < -0.4 is 9.47 Å². The molecule has 0 saturated heterocycles. The van der Waals surface area contributed by atoms with Gasteiger partial charge in [0.05, 0.1) is 31.1 Å². The highest BCUT2D eigenvalue weighted by Gasteiger charge is 2.21. The summed E-state index contributed by atoms with van der Waals surface area (Å²) < 4.78 is 10.1. The standard InChI is InChI=1S/C11H13N3O3S/c1-6-13-7(5-18-6)10(15)9-11(17-3)14-8(16-2)4-12-9/h4-5,10,15H,1-3H3. The molecule has 0 aromatic carbocycles. The van der Waals surface area contributed by atoms with E-state index in [1.165, 1.54) is 31.8 Å². The van der Waals surface area contributed by atoms with Crippen molar-refractivity contribution in [1.29, 1.82) is 0 Å². The Hall–Kier alpha value is -1.73. The summed E-state index contributed by atoms with van der Waals surface area (Å²) in [5.41, 5.74) is 0.860. The van der Waals surface area contributed by atoms with E-state index < -0.39 is 6.10 Å². The van der Waals surface area contributed by atoms with Gasteiger partial charge in [0.1, 0.15) is 11.8 Å². The highest BCUT2D eigenvalue weighted by molar-refractivity contribution is 7.09. The van der Waals surface area contributed by atoms with Gasteiger partial charge in [0.25, 0.3) is 0 Å². The van der Waals surface area contributed by atoms with Crippen molar-refractivity contribution in [3.8, 4) is 11.8 Å². The van der Waals surface area contributed by atoms with Crippen molar-refractivity contribution in [2.75, 3.05) is 14.2 Å². The molecule has 1 N–H and O–H groups in total. The van der Waals surface area contributed by atoms with Gasteiger partial charge in [-0.1, -0.05) is 0 Å². The molecule has 18 heavy (non-hydrogen) atoms. The van der Waals surface area contributed by atoms with Gasteiger partial charge in [0.2, 0.25) is 11.8 Å². The average molecular weight is 267 g/mol. The third-order valence-corrected chi connectivity index (χ3v) is 3.12. The van der Waals surface area contributed by atoms with Gasteiger partial charge in [-0.25, -0.2) is 9.97 Å². The second-order valence-electron chi connectivity index (χ2n) is 3.50. The Labute approximate surface area is 108 Å². The summed E-state index contributed by atoms with van der Waals surface area (Å²) in [6.07, 6.45) is 0.476. The van der Waals surface area contributed by atoms with Gasteiger partial charge in [-0.3, -0.25) is 0 Å². The first-order valence-electron chi connectivity index (χ1n) is 5.20. The van der Waals surface area contributed by atoms with Crippen LogP contribution in [0.4, 0.5) is 0 Å². The number of hydrogen-bond donors (Lipinski definition) is 1. The Kier molecular flexibility index (Phi) is 3.73. The molecule has 0 amide bonds. The molecule has 6 nitrogen and oxygen atoms in total. The maximum atomic E-state index is 10.2. The Morgan fingerprint density at radius 3 is 2.61 bits per heavy atom. The molecule has 96 valence electrons. The zero-order valence-electron chi connectivity index (χ0n) is 10.2. The van der Waals surface area contributed by atoms with Crippen molar-refractivity contribution in [2.45, 2.75) is 13.0 Å². The summed E-state index contributed by atoms with van der Waals surface area (Å²) in [6.45, 7) is 1.87. The Bertz CT molecular complexity index is 544. The third kappa shape index (κ3) is 2.41. The molecule has 0 saturated carbocycles. The lowest BCUT2D eigenvalue weighted by Gasteiger charge is -2.11. The summed E-state index contributed by atoms with van der Waals surface area (Å²) in [4.78, 5) is 12.4. The molecule has 2 aromatic rings. The first-order chi connectivity index (χ1) is 8.65. The number of aryl methyl sites for hydroxylation is 1. The summed E-state index contributed by atoms with van der Waals surface area (Å²) >= 11 is 1.46. The molecular formula is C11H13N3O3S. The predicted molar refractivity (Wildman–Crippen MR) is 66.0 cm³/mol. The molecule has 1 atom stereocenters. The monoisotopic (exact) mass is 267 g/mol. The minimum absolute atomic E-state index is 0.229. The molecule has 1 unspecified atom stereocenters. The first-order valence-corrected chi connectivity index (χ1v) is 6.08. The smallest absolute Gasteiger partial charge is 0.241 e. The van der Waals surface area contributed by atoms with Gasteiger partial charge in [-0.2, -0.15) is 4.98 Å². The largest absolute Gasteiger partial charge is 0.480 e. The molecule has 0 radical (unpaired) electrons.